The average Bonchev–Trinajstić information content (AvgIpc) is 2.38. The van der Waals surface area contributed by atoms with Gasteiger partial charge < -0.3 is 5.73 Å². The monoisotopic (exact) mass is 256 g/mol. The number of alkyl halides is 2. The van der Waals surface area contributed by atoms with Gasteiger partial charge in [0.25, 0.3) is 5.92 Å². The molecule has 2 nitrogen and oxygen atoms in total. The quantitative estimate of drug-likeness (QED) is 0.848. The van der Waals surface area contributed by atoms with Crippen LogP contribution in [0.1, 0.15) is 25.8 Å². The predicted octanol–water partition coefficient (Wildman–Crippen LogP) is 2.84. The maximum Gasteiger partial charge on any atom is 0.285 e. The fourth-order valence-corrected chi connectivity index (χ4v) is 1.83. The molecular formula is C14H22F2N2. The molecule has 4 heteroatoms. The Morgan fingerprint density at radius 2 is 1.78 bits per heavy atom. The van der Waals surface area contributed by atoms with Crippen molar-refractivity contribution in [1.29, 1.82) is 0 Å². The summed E-state index contributed by atoms with van der Waals surface area (Å²) < 4.78 is 28.3. The second-order valence-electron chi connectivity index (χ2n) is 4.98. The Morgan fingerprint density at radius 3 is 2.22 bits per heavy atom. The minimum absolute atomic E-state index is 0.0484. The molecule has 1 rings (SSSR count). The summed E-state index contributed by atoms with van der Waals surface area (Å²) in [5.41, 5.74) is 5.35. The summed E-state index contributed by atoms with van der Waals surface area (Å²) in [6.45, 7) is 3.92. The highest BCUT2D eigenvalue weighted by Gasteiger charge is 2.37. The molecule has 18 heavy (non-hydrogen) atoms. The van der Waals surface area contributed by atoms with E-state index in [-0.39, 0.29) is 12.1 Å². The third-order valence-corrected chi connectivity index (χ3v) is 3.75. The van der Waals surface area contributed by atoms with Gasteiger partial charge in [-0.3, -0.25) is 4.90 Å². The van der Waals surface area contributed by atoms with Gasteiger partial charge in [0, 0.05) is 17.6 Å². The van der Waals surface area contributed by atoms with E-state index in [1.807, 2.05) is 13.8 Å². The first kappa shape index (κ1) is 15.1. The third-order valence-electron chi connectivity index (χ3n) is 3.75. The zero-order chi connectivity index (χ0) is 13.8. The molecule has 0 heterocycles. The van der Waals surface area contributed by atoms with E-state index in [4.69, 9.17) is 5.73 Å². The first-order valence-electron chi connectivity index (χ1n) is 6.20. The fourth-order valence-electron chi connectivity index (χ4n) is 1.83. The average molecular weight is 256 g/mol. The van der Waals surface area contributed by atoms with E-state index in [0.29, 0.717) is 6.54 Å². The van der Waals surface area contributed by atoms with Crippen LogP contribution in [0, 0.1) is 0 Å². The molecule has 0 spiro atoms. The highest BCUT2D eigenvalue weighted by molar-refractivity contribution is 5.20. The van der Waals surface area contributed by atoms with Gasteiger partial charge in [0.1, 0.15) is 0 Å². The largest absolute Gasteiger partial charge is 0.329 e. The van der Waals surface area contributed by atoms with Crippen LogP contribution in [-0.2, 0) is 5.92 Å². The Kier molecular flexibility index (Phi) is 4.82. The van der Waals surface area contributed by atoms with Gasteiger partial charge in [-0.2, -0.15) is 8.78 Å². The van der Waals surface area contributed by atoms with Crippen LogP contribution in [0.15, 0.2) is 30.3 Å². The van der Waals surface area contributed by atoms with Gasteiger partial charge in [0.05, 0.1) is 6.54 Å². The molecular weight excluding hydrogens is 234 g/mol. The van der Waals surface area contributed by atoms with Gasteiger partial charge in [-0.1, -0.05) is 37.3 Å². The number of benzene rings is 1. The molecule has 0 saturated heterocycles. The number of nitrogens with zero attached hydrogens (tertiary/aromatic N) is 1. The molecule has 0 aliphatic carbocycles. The van der Waals surface area contributed by atoms with Crippen molar-refractivity contribution in [2.45, 2.75) is 31.7 Å². The number of likely N-dealkylation sites (N-methyl/N-ethyl adjacent to an activating group) is 1. The summed E-state index contributed by atoms with van der Waals surface area (Å²) in [6.07, 6.45) is 0.741. The lowest BCUT2D eigenvalue weighted by Gasteiger charge is -2.39. The van der Waals surface area contributed by atoms with E-state index >= 15 is 0 Å². The van der Waals surface area contributed by atoms with E-state index in [1.54, 1.807) is 30.1 Å². The molecule has 0 amide bonds. The molecule has 1 aromatic rings. The summed E-state index contributed by atoms with van der Waals surface area (Å²) in [7, 11) is 1.70. The Bertz CT molecular complexity index is 361. The normalized spacial score (nSPS) is 15.7. The third kappa shape index (κ3) is 3.27. The molecule has 0 fully saturated rings. The SMILES string of the molecule is CCC(C)(CN)N(C)CC(F)(F)c1ccccc1. The highest BCUT2D eigenvalue weighted by atomic mass is 19.3. The van der Waals surface area contributed by atoms with Crippen LogP contribution in [0.3, 0.4) is 0 Å². The lowest BCUT2D eigenvalue weighted by atomic mass is 9.96. The van der Waals surface area contributed by atoms with E-state index in [2.05, 4.69) is 0 Å². The smallest absolute Gasteiger partial charge is 0.285 e. The zero-order valence-corrected chi connectivity index (χ0v) is 11.3. The minimum Gasteiger partial charge on any atom is -0.329 e. The second-order valence-corrected chi connectivity index (χ2v) is 4.98. The maximum atomic E-state index is 14.1. The lowest BCUT2D eigenvalue weighted by molar-refractivity contribution is -0.0553. The van der Waals surface area contributed by atoms with Crippen molar-refractivity contribution in [2.75, 3.05) is 20.1 Å². The van der Waals surface area contributed by atoms with Gasteiger partial charge >= 0.3 is 0 Å². The molecule has 102 valence electrons. The van der Waals surface area contributed by atoms with Crippen molar-refractivity contribution in [3.8, 4) is 0 Å². The molecule has 2 N–H and O–H groups in total. The molecule has 0 bridgehead atoms. The molecule has 1 aromatic carbocycles. The van der Waals surface area contributed by atoms with Crippen molar-refractivity contribution in [2.24, 2.45) is 5.73 Å². The van der Waals surface area contributed by atoms with E-state index in [9.17, 15) is 8.78 Å². The van der Waals surface area contributed by atoms with Crippen molar-refractivity contribution < 1.29 is 8.78 Å². The molecule has 0 radical (unpaired) electrons. The Balaban J connectivity index is 2.83. The Morgan fingerprint density at radius 1 is 1.22 bits per heavy atom. The lowest BCUT2D eigenvalue weighted by Crippen LogP contribution is -2.52. The number of nitrogens with two attached hydrogens (primary N) is 1. The van der Waals surface area contributed by atoms with Crippen molar-refractivity contribution in [1.82, 2.24) is 4.90 Å². The van der Waals surface area contributed by atoms with Crippen molar-refractivity contribution in [3.63, 3.8) is 0 Å². The van der Waals surface area contributed by atoms with Crippen LogP contribution in [-0.4, -0.2) is 30.6 Å². The summed E-state index contributed by atoms with van der Waals surface area (Å²) in [4.78, 5) is 1.65. The molecule has 1 atom stereocenters. The molecule has 0 aliphatic heterocycles. The fraction of sp³-hybridized carbons (Fsp3) is 0.571. The first-order chi connectivity index (χ1) is 8.35. The van der Waals surface area contributed by atoms with E-state index < -0.39 is 11.5 Å². The van der Waals surface area contributed by atoms with Gasteiger partial charge in [-0.05, 0) is 20.4 Å². The van der Waals surface area contributed by atoms with Gasteiger partial charge in [-0.15, -0.1) is 0 Å². The summed E-state index contributed by atoms with van der Waals surface area (Å²) in [6, 6.07) is 7.91. The van der Waals surface area contributed by atoms with E-state index in [0.717, 1.165) is 6.42 Å². The summed E-state index contributed by atoms with van der Waals surface area (Å²) in [5.74, 6) is -2.86. The number of rotatable bonds is 6. The van der Waals surface area contributed by atoms with Gasteiger partial charge in [0.2, 0.25) is 0 Å². The maximum absolute atomic E-state index is 14.1. The molecule has 1 unspecified atom stereocenters. The van der Waals surface area contributed by atoms with E-state index in [1.165, 1.54) is 12.1 Å². The van der Waals surface area contributed by atoms with Crippen LogP contribution < -0.4 is 5.73 Å². The van der Waals surface area contributed by atoms with Crippen LogP contribution in [0.4, 0.5) is 8.78 Å². The molecule has 0 aromatic heterocycles. The Labute approximate surface area is 108 Å². The Hall–Kier alpha value is -1.00. The first-order valence-corrected chi connectivity index (χ1v) is 6.20. The van der Waals surface area contributed by atoms with Crippen LogP contribution >= 0.6 is 0 Å². The predicted molar refractivity (Wildman–Crippen MR) is 70.7 cm³/mol. The van der Waals surface area contributed by atoms with Crippen LogP contribution in [0.25, 0.3) is 0 Å². The van der Waals surface area contributed by atoms with Crippen molar-refractivity contribution in [3.05, 3.63) is 35.9 Å². The number of hydrogen-bond acceptors (Lipinski definition) is 2. The minimum atomic E-state index is -2.86. The molecule has 0 aliphatic rings. The van der Waals surface area contributed by atoms with Crippen molar-refractivity contribution >= 4 is 0 Å². The van der Waals surface area contributed by atoms with Crippen LogP contribution in [0.5, 0.6) is 0 Å². The molecule has 0 saturated carbocycles. The number of hydrogen-bond donors (Lipinski definition) is 1. The topological polar surface area (TPSA) is 29.3 Å². The van der Waals surface area contributed by atoms with Crippen LogP contribution in [0.2, 0.25) is 0 Å². The summed E-state index contributed by atoms with van der Waals surface area (Å²) in [5, 5.41) is 0. The second kappa shape index (κ2) is 5.76. The van der Waals surface area contributed by atoms with Gasteiger partial charge in [0.15, 0.2) is 0 Å². The highest BCUT2D eigenvalue weighted by Crippen LogP contribution is 2.31. The summed E-state index contributed by atoms with van der Waals surface area (Å²) >= 11 is 0. The standard InChI is InChI=1S/C14H22F2N2/c1-4-13(2,10-17)18(3)11-14(15,16)12-8-6-5-7-9-12/h5-9H,4,10-11,17H2,1-3H3. The zero-order valence-electron chi connectivity index (χ0n) is 11.3. The number of halogens is 2. The van der Waals surface area contributed by atoms with Gasteiger partial charge in [-0.25, -0.2) is 0 Å².